The molecule has 0 bridgehead atoms. The molecule has 3 nitrogen and oxygen atoms in total. The molecule has 0 radical (unpaired) electrons. The van der Waals surface area contributed by atoms with E-state index in [0.29, 0.717) is 11.7 Å². The molecule has 0 spiro atoms. The Hall–Kier alpha value is -1.23. The lowest BCUT2D eigenvalue weighted by atomic mass is 9.94. The van der Waals surface area contributed by atoms with E-state index >= 15 is 0 Å². The first-order valence-corrected chi connectivity index (χ1v) is 6.90. The molecule has 0 saturated carbocycles. The molecular weight excluding hydrogens is 300 g/mol. The van der Waals surface area contributed by atoms with Gasteiger partial charge in [-0.1, -0.05) is 30.7 Å². The minimum absolute atomic E-state index is 0.0584. The number of halogens is 3. The molecule has 0 fully saturated rings. The second-order valence-electron chi connectivity index (χ2n) is 4.45. The summed E-state index contributed by atoms with van der Waals surface area (Å²) in [5, 5.41) is 3.48. The second-order valence-corrected chi connectivity index (χ2v) is 5.15. The summed E-state index contributed by atoms with van der Waals surface area (Å²) in [7, 11) is 1.82. The molecule has 0 saturated heterocycles. The minimum atomic E-state index is -0.268. The molecular formula is C14H14Cl2FN3. The van der Waals surface area contributed by atoms with Crippen molar-refractivity contribution in [2.75, 3.05) is 7.05 Å². The van der Waals surface area contributed by atoms with E-state index in [9.17, 15) is 4.39 Å². The Bertz CT molecular complexity index is 602. The van der Waals surface area contributed by atoms with E-state index in [0.717, 1.165) is 16.8 Å². The van der Waals surface area contributed by atoms with Gasteiger partial charge in [-0.15, -0.1) is 0 Å². The van der Waals surface area contributed by atoms with E-state index in [1.165, 1.54) is 12.1 Å². The SMILES string of the molecule is CNCc1c(Cl)nc(Cl)nc1C(C)c1ccc(F)cc1. The topological polar surface area (TPSA) is 37.8 Å². The smallest absolute Gasteiger partial charge is 0.224 e. The molecule has 1 unspecified atom stereocenters. The average molecular weight is 314 g/mol. The van der Waals surface area contributed by atoms with Gasteiger partial charge in [-0.25, -0.2) is 14.4 Å². The van der Waals surface area contributed by atoms with Crippen molar-refractivity contribution in [1.29, 1.82) is 0 Å². The highest BCUT2D eigenvalue weighted by Gasteiger charge is 2.18. The van der Waals surface area contributed by atoms with Crippen molar-refractivity contribution >= 4 is 23.2 Å². The molecule has 1 aromatic heterocycles. The third-order valence-electron chi connectivity index (χ3n) is 3.10. The van der Waals surface area contributed by atoms with Gasteiger partial charge in [0.15, 0.2) is 0 Å². The predicted molar refractivity (Wildman–Crippen MR) is 78.7 cm³/mol. The lowest BCUT2D eigenvalue weighted by Crippen LogP contribution is -2.13. The van der Waals surface area contributed by atoms with Crippen molar-refractivity contribution in [3.05, 3.63) is 57.3 Å². The van der Waals surface area contributed by atoms with Crippen LogP contribution in [0.15, 0.2) is 24.3 Å². The number of hydrogen-bond acceptors (Lipinski definition) is 3. The first-order chi connectivity index (χ1) is 9.52. The van der Waals surface area contributed by atoms with Crippen molar-refractivity contribution in [2.24, 2.45) is 0 Å². The fourth-order valence-electron chi connectivity index (χ4n) is 2.05. The lowest BCUT2D eigenvalue weighted by molar-refractivity contribution is 0.626. The molecule has 0 aliphatic heterocycles. The average Bonchev–Trinajstić information content (AvgIpc) is 2.41. The van der Waals surface area contributed by atoms with Gasteiger partial charge in [0, 0.05) is 18.0 Å². The zero-order valence-electron chi connectivity index (χ0n) is 11.1. The summed E-state index contributed by atoms with van der Waals surface area (Å²) in [6.45, 7) is 2.51. The highest BCUT2D eigenvalue weighted by molar-refractivity contribution is 6.32. The summed E-state index contributed by atoms with van der Waals surface area (Å²) < 4.78 is 13.0. The third kappa shape index (κ3) is 3.26. The Kier molecular flexibility index (Phi) is 4.91. The van der Waals surface area contributed by atoms with Gasteiger partial charge in [-0.2, -0.15) is 0 Å². The van der Waals surface area contributed by atoms with Crippen LogP contribution in [0.5, 0.6) is 0 Å². The van der Waals surface area contributed by atoms with Crippen LogP contribution < -0.4 is 5.32 Å². The summed E-state index contributed by atoms with van der Waals surface area (Å²) >= 11 is 12.0. The Morgan fingerprint density at radius 1 is 1.20 bits per heavy atom. The molecule has 1 aromatic carbocycles. The molecule has 1 atom stereocenters. The Labute approximate surface area is 127 Å². The Morgan fingerprint density at radius 2 is 1.85 bits per heavy atom. The van der Waals surface area contributed by atoms with Crippen molar-refractivity contribution in [3.63, 3.8) is 0 Å². The van der Waals surface area contributed by atoms with E-state index in [2.05, 4.69) is 15.3 Å². The molecule has 106 valence electrons. The standard InChI is InChI=1S/C14H14Cl2FN3/c1-8(9-3-5-10(17)6-4-9)12-11(7-18-2)13(15)20-14(16)19-12/h3-6,8,18H,7H2,1-2H3. The van der Waals surface area contributed by atoms with Crippen LogP contribution >= 0.6 is 23.2 Å². The maximum absolute atomic E-state index is 13.0. The zero-order chi connectivity index (χ0) is 14.7. The number of rotatable bonds is 4. The molecule has 1 N–H and O–H groups in total. The predicted octanol–water partition coefficient (Wildman–Crippen LogP) is 3.79. The van der Waals surface area contributed by atoms with E-state index in [4.69, 9.17) is 23.2 Å². The summed E-state index contributed by atoms with van der Waals surface area (Å²) in [5.74, 6) is -0.327. The van der Waals surface area contributed by atoms with E-state index in [1.54, 1.807) is 12.1 Å². The van der Waals surface area contributed by atoms with Gasteiger partial charge in [-0.05, 0) is 36.3 Å². The summed E-state index contributed by atoms with van der Waals surface area (Å²) in [6, 6.07) is 6.31. The van der Waals surface area contributed by atoms with E-state index < -0.39 is 0 Å². The summed E-state index contributed by atoms with van der Waals surface area (Å²) in [4.78, 5) is 8.25. The van der Waals surface area contributed by atoms with Gasteiger partial charge in [-0.3, -0.25) is 0 Å². The summed E-state index contributed by atoms with van der Waals surface area (Å²) in [6.07, 6.45) is 0. The van der Waals surface area contributed by atoms with Crippen LogP contribution in [0.1, 0.15) is 29.7 Å². The highest BCUT2D eigenvalue weighted by Crippen LogP contribution is 2.29. The Balaban J connectivity index is 2.47. The van der Waals surface area contributed by atoms with E-state index in [1.807, 2.05) is 14.0 Å². The van der Waals surface area contributed by atoms with Gasteiger partial charge in [0.1, 0.15) is 11.0 Å². The Morgan fingerprint density at radius 3 is 2.45 bits per heavy atom. The number of nitrogens with zero attached hydrogens (tertiary/aromatic N) is 2. The van der Waals surface area contributed by atoms with Crippen molar-refractivity contribution < 1.29 is 4.39 Å². The van der Waals surface area contributed by atoms with Crippen LogP contribution in [0.25, 0.3) is 0 Å². The van der Waals surface area contributed by atoms with Crippen molar-refractivity contribution in [2.45, 2.75) is 19.4 Å². The van der Waals surface area contributed by atoms with Gasteiger partial charge in [0.05, 0.1) is 5.69 Å². The number of aromatic nitrogens is 2. The van der Waals surface area contributed by atoms with Gasteiger partial charge in [0.25, 0.3) is 0 Å². The van der Waals surface area contributed by atoms with Crippen molar-refractivity contribution in [1.82, 2.24) is 15.3 Å². The third-order valence-corrected chi connectivity index (χ3v) is 3.58. The number of hydrogen-bond donors (Lipinski definition) is 1. The van der Waals surface area contributed by atoms with Crippen LogP contribution in [0, 0.1) is 5.82 Å². The van der Waals surface area contributed by atoms with Crippen LogP contribution in [0.2, 0.25) is 10.4 Å². The fourth-order valence-corrected chi connectivity index (χ4v) is 2.52. The molecule has 20 heavy (non-hydrogen) atoms. The normalized spacial score (nSPS) is 12.4. The molecule has 6 heteroatoms. The zero-order valence-corrected chi connectivity index (χ0v) is 12.6. The lowest BCUT2D eigenvalue weighted by Gasteiger charge is -2.17. The molecule has 2 aromatic rings. The largest absolute Gasteiger partial charge is 0.316 e. The monoisotopic (exact) mass is 313 g/mol. The van der Waals surface area contributed by atoms with Gasteiger partial charge < -0.3 is 5.32 Å². The van der Waals surface area contributed by atoms with Crippen LogP contribution in [-0.2, 0) is 6.54 Å². The first kappa shape index (κ1) is 15.2. The molecule has 0 aliphatic carbocycles. The quantitative estimate of drug-likeness (QED) is 0.689. The van der Waals surface area contributed by atoms with Crippen LogP contribution in [0.4, 0.5) is 4.39 Å². The first-order valence-electron chi connectivity index (χ1n) is 6.14. The van der Waals surface area contributed by atoms with Crippen molar-refractivity contribution in [3.8, 4) is 0 Å². The minimum Gasteiger partial charge on any atom is -0.316 e. The van der Waals surface area contributed by atoms with Crippen LogP contribution in [-0.4, -0.2) is 17.0 Å². The maximum atomic E-state index is 13.0. The maximum Gasteiger partial charge on any atom is 0.224 e. The molecule has 2 rings (SSSR count). The molecule has 0 aliphatic rings. The van der Waals surface area contributed by atoms with Gasteiger partial charge in [0.2, 0.25) is 5.28 Å². The molecule has 0 amide bonds. The van der Waals surface area contributed by atoms with E-state index in [-0.39, 0.29) is 17.0 Å². The summed E-state index contributed by atoms with van der Waals surface area (Å²) in [5.41, 5.74) is 2.49. The number of benzene rings is 1. The number of nitrogens with one attached hydrogen (secondary N) is 1. The second kappa shape index (κ2) is 6.48. The fraction of sp³-hybridized carbons (Fsp3) is 0.286. The van der Waals surface area contributed by atoms with Crippen LogP contribution in [0.3, 0.4) is 0 Å². The highest BCUT2D eigenvalue weighted by atomic mass is 35.5. The molecule has 1 heterocycles. The van der Waals surface area contributed by atoms with Gasteiger partial charge >= 0.3 is 0 Å².